The van der Waals surface area contributed by atoms with Crippen LogP contribution in [0.15, 0.2) is 48.7 Å². The molecule has 1 fully saturated rings. The number of nitrogens with one attached hydrogen (secondary N) is 1. The molecule has 1 heterocycles. The van der Waals surface area contributed by atoms with Gasteiger partial charge in [0.25, 0.3) is 11.8 Å². The summed E-state index contributed by atoms with van der Waals surface area (Å²) in [5.41, 5.74) is 5.62. The first kappa shape index (κ1) is 31.6. The molecule has 1 aliphatic rings. The third kappa shape index (κ3) is 7.94. The molecule has 43 heavy (non-hydrogen) atoms. The van der Waals surface area contributed by atoms with E-state index < -0.39 is 35.3 Å². The number of halogens is 4. The van der Waals surface area contributed by atoms with Gasteiger partial charge in [-0.15, -0.1) is 13.2 Å². The van der Waals surface area contributed by atoms with E-state index in [9.17, 15) is 22.8 Å². The van der Waals surface area contributed by atoms with Crippen LogP contribution in [0, 0.1) is 17.2 Å². The van der Waals surface area contributed by atoms with Gasteiger partial charge >= 0.3 is 6.36 Å². The number of hydrogen-bond donors (Lipinski definition) is 2. The number of carbonyl (C=O) groups is 2. The van der Waals surface area contributed by atoms with Crippen molar-refractivity contribution < 1.29 is 41.4 Å². The van der Waals surface area contributed by atoms with Gasteiger partial charge in [-0.1, -0.05) is 20.8 Å². The Kier molecular flexibility index (Phi) is 9.17. The molecule has 3 N–H and O–H groups in total. The highest BCUT2D eigenvalue weighted by atomic mass is 19.4. The van der Waals surface area contributed by atoms with Gasteiger partial charge < -0.3 is 25.3 Å². The first-order valence-corrected chi connectivity index (χ1v) is 13.7. The monoisotopic (exact) mass is 603 g/mol. The maximum atomic E-state index is 15.8. The summed E-state index contributed by atoms with van der Waals surface area (Å²) in [6, 6.07) is 8.67. The van der Waals surface area contributed by atoms with Gasteiger partial charge in [-0.2, -0.15) is 0 Å². The van der Waals surface area contributed by atoms with Gasteiger partial charge in [0.15, 0.2) is 11.5 Å². The Morgan fingerprint density at radius 1 is 0.953 bits per heavy atom. The number of alkyl halides is 3. The lowest BCUT2D eigenvalue weighted by Gasteiger charge is -2.37. The third-order valence-corrected chi connectivity index (χ3v) is 7.59. The predicted octanol–water partition coefficient (Wildman–Crippen LogP) is 7.59. The van der Waals surface area contributed by atoms with Crippen LogP contribution in [0.2, 0.25) is 0 Å². The number of methoxy groups -OCH3 is 1. The fourth-order valence-corrected chi connectivity index (χ4v) is 5.32. The molecule has 12 heteroatoms. The molecular formula is C31H33F4N3O5. The normalized spacial score (nSPS) is 17.2. The molecule has 1 saturated carbocycles. The van der Waals surface area contributed by atoms with Crippen LogP contribution in [0.25, 0.3) is 0 Å². The van der Waals surface area contributed by atoms with Crippen molar-refractivity contribution in [3.63, 3.8) is 0 Å². The van der Waals surface area contributed by atoms with Crippen LogP contribution < -0.4 is 25.3 Å². The number of primary amides is 1. The van der Waals surface area contributed by atoms with E-state index in [1.54, 1.807) is 6.07 Å². The van der Waals surface area contributed by atoms with E-state index in [2.05, 4.69) is 35.8 Å². The molecule has 0 bridgehead atoms. The zero-order valence-corrected chi connectivity index (χ0v) is 24.2. The van der Waals surface area contributed by atoms with Crippen molar-refractivity contribution in [2.24, 2.45) is 17.1 Å². The topological polar surface area (TPSA) is 113 Å². The molecular weight excluding hydrogens is 570 g/mol. The average Bonchev–Trinajstić information content (AvgIpc) is 2.92. The second kappa shape index (κ2) is 12.5. The van der Waals surface area contributed by atoms with Gasteiger partial charge in [0.05, 0.1) is 7.11 Å². The van der Waals surface area contributed by atoms with Crippen LogP contribution >= 0.6 is 0 Å². The fourth-order valence-electron chi connectivity index (χ4n) is 5.32. The molecule has 1 aliphatic carbocycles. The first-order valence-electron chi connectivity index (χ1n) is 13.7. The summed E-state index contributed by atoms with van der Waals surface area (Å²) in [5, 5.41) is 2.52. The molecule has 1 aromatic heterocycles. The van der Waals surface area contributed by atoms with E-state index in [4.69, 9.17) is 15.2 Å². The number of nitrogens with zero attached hydrogens (tertiary/aromatic N) is 1. The van der Waals surface area contributed by atoms with E-state index in [1.165, 1.54) is 37.6 Å². The van der Waals surface area contributed by atoms with Crippen molar-refractivity contribution in [3.05, 3.63) is 71.3 Å². The Bertz CT molecular complexity index is 1500. The highest BCUT2D eigenvalue weighted by Gasteiger charge is 2.33. The van der Waals surface area contributed by atoms with E-state index in [-0.39, 0.29) is 40.0 Å². The Labute approximate surface area is 246 Å². The first-order chi connectivity index (χ1) is 20.1. The van der Waals surface area contributed by atoms with E-state index in [0.717, 1.165) is 37.8 Å². The number of benzene rings is 2. The summed E-state index contributed by atoms with van der Waals surface area (Å²) >= 11 is 0. The molecule has 4 rings (SSSR count). The summed E-state index contributed by atoms with van der Waals surface area (Å²) in [4.78, 5) is 28.7. The van der Waals surface area contributed by atoms with Crippen molar-refractivity contribution in [2.45, 2.75) is 58.7 Å². The lowest BCUT2D eigenvalue weighted by molar-refractivity contribution is -0.274. The summed E-state index contributed by atoms with van der Waals surface area (Å²) in [5.74, 6) is -2.97. The second-order valence-electron chi connectivity index (χ2n) is 11.5. The van der Waals surface area contributed by atoms with Crippen LogP contribution in [0.1, 0.15) is 78.8 Å². The summed E-state index contributed by atoms with van der Waals surface area (Å²) in [6.07, 6.45) is -0.141. The highest BCUT2D eigenvalue weighted by Crippen LogP contribution is 2.45. The van der Waals surface area contributed by atoms with Crippen molar-refractivity contribution in [2.75, 3.05) is 12.4 Å². The smallest absolute Gasteiger partial charge is 0.493 e. The lowest BCUT2D eigenvalue weighted by Crippen LogP contribution is -2.25. The molecule has 8 nitrogen and oxygen atoms in total. The number of amides is 2. The molecule has 0 atom stereocenters. The Morgan fingerprint density at radius 3 is 2.26 bits per heavy atom. The minimum Gasteiger partial charge on any atom is -0.493 e. The van der Waals surface area contributed by atoms with Gasteiger partial charge in [-0.05, 0) is 84.9 Å². The standard InChI is InChI=1S/C31H33F4N3O5/c1-30(2,3)19-7-5-17(6-8-19)18-13-22(32)27(29(40)38-20-11-12-37-23(15-20)28(36)39)26(14-18)42-24-10-9-21(16-25(24)41-4)43-31(33,34)35/h9-17,19H,5-8H2,1-4H3,(H2,36,39)(H,37,38,40)/t17-,19+. The second-order valence-corrected chi connectivity index (χ2v) is 11.5. The zero-order valence-electron chi connectivity index (χ0n) is 24.2. The summed E-state index contributed by atoms with van der Waals surface area (Å²) in [6.45, 7) is 6.60. The van der Waals surface area contributed by atoms with Gasteiger partial charge in [0.1, 0.15) is 28.6 Å². The molecule has 3 aromatic rings. The Hall–Kier alpha value is -4.35. The fraction of sp³-hybridized carbons (Fsp3) is 0.387. The number of nitrogens with two attached hydrogens (primary N) is 1. The molecule has 0 aliphatic heterocycles. The largest absolute Gasteiger partial charge is 0.573 e. The van der Waals surface area contributed by atoms with Gasteiger partial charge in [-0.25, -0.2) is 4.39 Å². The number of ether oxygens (including phenoxy) is 3. The van der Waals surface area contributed by atoms with Crippen molar-refractivity contribution in [3.8, 4) is 23.0 Å². The number of pyridine rings is 1. The van der Waals surface area contributed by atoms with Gasteiger partial charge in [0, 0.05) is 18.0 Å². The predicted molar refractivity (Wildman–Crippen MR) is 151 cm³/mol. The molecule has 230 valence electrons. The van der Waals surface area contributed by atoms with E-state index in [0.29, 0.717) is 11.5 Å². The minimum atomic E-state index is -4.93. The molecule has 2 aromatic carbocycles. The number of carbonyl (C=O) groups excluding carboxylic acids is 2. The number of hydrogen-bond acceptors (Lipinski definition) is 6. The molecule has 0 saturated heterocycles. The summed E-state index contributed by atoms with van der Waals surface area (Å²) < 4.78 is 69.2. The maximum Gasteiger partial charge on any atom is 0.573 e. The van der Waals surface area contributed by atoms with Crippen molar-refractivity contribution in [1.29, 1.82) is 0 Å². The lowest BCUT2D eigenvalue weighted by atomic mass is 9.68. The maximum absolute atomic E-state index is 15.8. The molecule has 0 radical (unpaired) electrons. The number of rotatable bonds is 8. The van der Waals surface area contributed by atoms with Gasteiger partial charge in [0.2, 0.25) is 0 Å². The van der Waals surface area contributed by atoms with Crippen LogP contribution in [0.3, 0.4) is 0 Å². The highest BCUT2D eigenvalue weighted by molar-refractivity contribution is 6.07. The SMILES string of the molecule is COc1cc(OC(F)(F)F)ccc1Oc1cc([C@H]2CC[C@@H](C(C)(C)C)CC2)cc(F)c1C(=O)Nc1ccnc(C(N)=O)c1. The zero-order chi connectivity index (χ0) is 31.5. The summed E-state index contributed by atoms with van der Waals surface area (Å²) in [7, 11) is 1.22. The average molecular weight is 604 g/mol. The number of anilines is 1. The van der Waals surface area contributed by atoms with Crippen LogP contribution in [0.4, 0.5) is 23.2 Å². The molecule has 0 spiro atoms. The minimum absolute atomic E-state index is 0.00957. The van der Waals surface area contributed by atoms with E-state index in [1.807, 2.05) is 0 Å². The molecule has 2 amide bonds. The third-order valence-electron chi connectivity index (χ3n) is 7.59. The Morgan fingerprint density at radius 2 is 1.65 bits per heavy atom. The van der Waals surface area contributed by atoms with E-state index >= 15 is 4.39 Å². The molecule has 0 unspecified atom stereocenters. The Balaban J connectivity index is 1.71. The number of aromatic nitrogens is 1. The van der Waals surface area contributed by atoms with Crippen LogP contribution in [-0.2, 0) is 0 Å². The van der Waals surface area contributed by atoms with Crippen molar-refractivity contribution >= 4 is 17.5 Å². The van der Waals surface area contributed by atoms with Crippen LogP contribution in [-0.4, -0.2) is 30.3 Å². The quantitative estimate of drug-likeness (QED) is 0.257. The van der Waals surface area contributed by atoms with Gasteiger partial charge in [-0.3, -0.25) is 14.6 Å². The van der Waals surface area contributed by atoms with Crippen LogP contribution in [0.5, 0.6) is 23.0 Å². The van der Waals surface area contributed by atoms with Crippen molar-refractivity contribution in [1.82, 2.24) is 4.98 Å².